The third-order valence-electron chi connectivity index (χ3n) is 1.21. The molecule has 0 atom stereocenters. The predicted molar refractivity (Wildman–Crippen MR) is 50.5 cm³/mol. The molecule has 0 aromatic carbocycles. The number of rotatable bonds is 3. The van der Waals surface area contributed by atoms with Gasteiger partial charge in [-0.05, 0) is 33.6 Å². The highest BCUT2D eigenvalue weighted by molar-refractivity contribution is 5.72. The third-order valence-corrected chi connectivity index (χ3v) is 1.21. The number of carbonyl (C=O) groups is 1. The van der Waals surface area contributed by atoms with Crippen LogP contribution < -0.4 is 0 Å². The number of aliphatic hydroxyl groups excluding tert-OH is 2. The van der Waals surface area contributed by atoms with E-state index in [9.17, 15) is 4.79 Å². The Morgan fingerprint density at radius 1 is 1.08 bits per heavy atom. The first-order valence-electron chi connectivity index (χ1n) is 4.31. The molecule has 0 aromatic heterocycles. The highest BCUT2D eigenvalue weighted by atomic mass is 16.4. The Labute approximate surface area is 79.2 Å². The number of aliphatic carboxylic acids is 1. The smallest absolute Gasteiger partial charge is 0.308 e. The summed E-state index contributed by atoms with van der Waals surface area (Å²) < 4.78 is 0. The van der Waals surface area contributed by atoms with Gasteiger partial charge in [-0.3, -0.25) is 4.79 Å². The minimum Gasteiger partial charge on any atom is -0.481 e. The molecule has 0 saturated carbocycles. The molecular weight excluding hydrogens is 172 g/mol. The van der Waals surface area contributed by atoms with Gasteiger partial charge < -0.3 is 15.3 Å². The first-order valence-corrected chi connectivity index (χ1v) is 4.31. The average molecular weight is 192 g/mol. The van der Waals surface area contributed by atoms with E-state index < -0.39 is 11.4 Å². The van der Waals surface area contributed by atoms with E-state index in [2.05, 4.69) is 0 Å². The molecule has 0 amide bonds. The van der Waals surface area contributed by atoms with Gasteiger partial charge in [0.2, 0.25) is 0 Å². The molecule has 0 aliphatic heterocycles. The number of carboxylic acid groups (broad SMARTS) is 1. The fourth-order valence-corrected chi connectivity index (χ4v) is 0.224. The summed E-state index contributed by atoms with van der Waals surface area (Å²) in [6, 6.07) is 0. The number of hydrogen-bond acceptors (Lipinski definition) is 3. The molecule has 13 heavy (non-hydrogen) atoms. The number of unbranched alkanes of at least 4 members (excludes halogenated alkanes) is 1. The highest BCUT2D eigenvalue weighted by Gasteiger charge is 2.18. The SMILES string of the molecule is CC(C)(C)C(=O)O.OCCCCO. The number of aliphatic hydroxyl groups is 2. The van der Waals surface area contributed by atoms with E-state index in [0.29, 0.717) is 0 Å². The second-order valence-corrected chi connectivity index (χ2v) is 3.71. The zero-order valence-electron chi connectivity index (χ0n) is 8.58. The van der Waals surface area contributed by atoms with Crippen LogP contribution >= 0.6 is 0 Å². The van der Waals surface area contributed by atoms with Crippen molar-refractivity contribution in [3.63, 3.8) is 0 Å². The van der Waals surface area contributed by atoms with Gasteiger partial charge in [0.25, 0.3) is 0 Å². The summed E-state index contributed by atoms with van der Waals surface area (Å²) in [5, 5.41) is 24.4. The van der Waals surface area contributed by atoms with Gasteiger partial charge in [0.05, 0.1) is 5.41 Å². The molecule has 3 N–H and O–H groups in total. The summed E-state index contributed by atoms with van der Waals surface area (Å²) in [5.41, 5.74) is -0.583. The number of hydrogen-bond donors (Lipinski definition) is 3. The van der Waals surface area contributed by atoms with Gasteiger partial charge in [-0.15, -0.1) is 0 Å². The van der Waals surface area contributed by atoms with Crippen molar-refractivity contribution in [2.24, 2.45) is 5.41 Å². The van der Waals surface area contributed by atoms with Crippen LogP contribution in [0.3, 0.4) is 0 Å². The van der Waals surface area contributed by atoms with Gasteiger partial charge in [-0.2, -0.15) is 0 Å². The molecule has 0 bridgehead atoms. The molecule has 0 aliphatic carbocycles. The largest absolute Gasteiger partial charge is 0.481 e. The Bertz CT molecular complexity index is 122. The van der Waals surface area contributed by atoms with Crippen LogP contribution in [-0.2, 0) is 4.79 Å². The fourth-order valence-electron chi connectivity index (χ4n) is 0.224. The van der Waals surface area contributed by atoms with Crippen LogP contribution in [0.15, 0.2) is 0 Å². The summed E-state index contributed by atoms with van der Waals surface area (Å²) in [4.78, 5) is 10.0. The lowest BCUT2D eigenvalue weighted by Gasteiger charge is -2.08. The van der Waals surface area contributed by atoms with Crippen molar-refractivity contribution in [2.75, 3.05) is 13.2 Å². The van der Waals surface area contributed by atoms with Crippen molar-refractivity contribution in [3.8, 4) is 0 Å². The Balaban J connectivity index is 0. The molecule has 0 radical (unpaired) electrons. The van der Waals surface area contributed by atoms with Crippen molar-refractivity contribution >= 4 is 5.97 Å². The minimum absolute atomic E-state index is 0.195. The summed E-state index contributed by atoms with van der Waals surface area (Å²) in [5.74, 6) is -0.757. The molecule has 0 aliphatic rings. The van der Waals surface area contributed by atoms with Crippen LogP contribution in [-0.4, -0.2) is 34.5 Å². The lowest BCUT2D eigenvalue weighted by Crippen LogP contribution is -2.18. The second-order valence-electron chi connectivity index (χ2n) is 3.71. The van der Waals surface area contributed by atoms with Crippen LogP contribution in [0.5, 0.6) is 0 Å². The molecule has 4 nitrogen and oxygen atoms in total. The molecular formula is C9H20O4. The van der Waals surface area contributed by atoms with Crippen molar-refractivity contribution in [1.29, 1.82) is 0 Å². The van der Waals surface area contributed by atoms with Crippen LogP contribution in [0, 0.1) is 5.41 Å². The maximum absolute atomic E-state index is 10.0. The predicted octanol–water partition coefficient (Wildman–Crippen LogP) is 0.868. The van der Waals surface area contributed by atoms with Crippen LogP contribution in [0.2, 0.25) is 0 Å². The van der Waals surface area contributed by atoms with Gasteiger partial charge in [0.1, 0.15) is 0 Å². The van der Waals surface area contributed by atoms with E-state index in [1.54, 1.807) is 20.8 Å². The minimum atomic E-state index is -0.757. The van der Waals surface area contributed by atoms with Gasteiger partial charge in [0.15, 0.2) is 0 Å². The highest BCUT2D eigenvalue weighted by Crippen LogP contribution is 2.11. The van der Waals surface area contributed by atoms with E-state index in [-0.39, 0.29) is 13.2 Å². The van der Waals surface area contributed by atoms with Crippen molar-refractivity contribution < 1.29 is 20.1 Å². The monoisotopic (exact) mass is 192 g/mol. The lowest BCUT2D eigenvalue weighted by atomic mass is 9.98. The number of carboxylic acids is 1. The zero-order valence-corrected chi connectivity index (χ0v) is 8.58. The van der Waals surface area contributed by atoms with Crippen molar-refractivity contribution in [3.05, 3.63) is 0 Å². The Kier molecular flexibility index (Phi) is 9.17. The average Bonchev–Trinajstić information content (AvgIpc) is 2.00. The molecule has 0 rings (SSSR count). The topological polar surface area (TPSA) is 77.8 Å². The zero-order chi connectivity index (χ0) is 10.9. The third kappa shape index (κ3) is 14.3. The van der Waals surface area contributed by atoms with Gasteiger partial charge in [-0.1, -0.05) is 0 Å². The maximum atomic E-state index is 10.0. The summed E-state index contributed by atoms with van der Waals surface area (Å²) >= 11 is 0. The lowest BCUT2D eigenvalue weighted by molar-refractivity contribution is -0.145. The standard InChI is InChI=1S/C5H10O2.C4H10O2/c1-5(2,3)4(6)7;5-3-1-2-4-6/h1-3H3,(H,6,7);5-6H,1-4H2. The maximum Gasteiger partial charge on any atom is 0.308 e. The van der Waals surface area contributed by atoms with E-state index in [1.165, 1.54) is 0 Å². The Morgan fingerprint density at radius 3 is 1.38 bits per heavy atom. The second kappa shape index (κ2) is 8.01. The molecule has 4 heteroatoms. The van der Waals surface area contributed by atoms with E-state index in [1.807, 2.05) is 0 Å². The quantitative estimate of drug-likeness (QED) is 0.580. The van der Waals surface area contributed by atoms with Crippen molar-refractivity contribution in [1.82, 2.24) is 0 Å². The van der Waals surface area contributed by atoms with Gasteiger partial charge in [-0.25, -0.2) is 0 Å². The van der Waals surface area contributed by atoms with Crippen molar-refractivity contribution in [2.45, 2.75) is 33.6 Å². The van der Waals surface area contributed by atoms with Crippen LogP contribution in [0.25, 0.3) is 0 Å². The molecule has 0 aromatic rings. The normalized spacial score (nSPS) is 10.2. The molecule has 0 saturated heterocycles. The van der Waals surface area contributed by atoms with E-state index >= 15 is 0 Å². The van der Waals surface area contributed by atoms with E-state index in [4.69, 9.17) is 15.3 Å². The molecule has 80 valence electrons. The molecule has 0 unspecified atom stereocenters. The Hall–Kier alpha value is -0.610. The summed E-state index contributed by atoms with van der Waals surface area (Å²) in [7, 11) is 0. The van der Waals surface area contributed by atoms with Gasteiger partial charge in [0, 0.05) is 13.2 Å². The first kappa shape index (κ1) is 14.9. The Morgan fingerprint density at radius 2 is 1.31 bits per heavy atom. The molecule has 0 spiro atoms. The fraction of sp³-hybridized carbons (Fsp3) is 0.889. The molecule has 0 fully saturated rings. The van der Waals surface area contributed by atoms with Crippen LogP contribution in [0.1, 0.15) is 33.6 Å². The molecule has 0 heterocycles. The van der Waals surface area contributed by atoms with Crippen LogP contribution in [0.4, 0.5) is 0 Å². The first-order chi connectivity index (χ1) is 5.86. The van der Waals surface area contributed by atoms with Gasteiger partial charge >= 0.3 is 5.97 Å². The summed E-state index contributed by atoms with van der Waals surface area (Å²) in [6.07, 6.45) is 1.44. The van der Waals surface area contributed by atoms with E-state index in [0.717, 1.165) is 12.8 Å². The summed E-state index contributed by atoms with van der Waals surface area (Å²) in [6.45, 7) is 5.38.